The van der Waals surface area contributed by atoms with Crippen LogP contribution in [0.25, 0.3) is 0 Å². The number of alkyl halides is 3. The number of ether oxygens (including phenoxy) is 1. The number of benzene rings is 1. The fourth-order valence-electron chi connectivity index (χ4n) is 1.85. The second kappa shape index (κ2) is 5.35. The Balaban J connectivity index is 3.34. The summed E-state index contributed by atoms with van der Waals surface area (Å²) in [5.41, 5.74) is 0.682. The summed E-state index contributed by atoms with van der Waals surface area (Å²) < 4.78 is 41.9. The Morgan fingerprint density at radius 3 is 1.86 bits per heavy atom. The molecule has 118 valence electrons. The molecule has 0 saturated heterocycles. The van der Waals surface area contributed by atoms with E-state index in [4.69, 9.17) is 0 Å². The Bertz CT molecular complexity index is 532. The van der Waals surface area contributed by atoms with Crippen LogP contribution in [0.1, 0.15) is 52.7 Å². The van der Waals surface area contributed by atoms with E-state index in [0.717, 1.165) is 5.56 Å². The van der Waals surface area contributed by atoms with Crippen molar-refractivity contribution in [2.24, 2.45) is 0 Å². The van der Waals surface area contributed by atoms with Crippen LogP contribution in [-0.4, -0.2) is 12.1 Å². The van der Waals surface area contributed by atoms with Crippen molar-refractivity contribution in [3.63, 3.8) is 0 Å². The molecule has 0 aliphatic carbocycles. The van der Waals surface area contributed by atoms with Gasteiger partial charge >= 0.3 is 12.1 Å². The average molecular weight is 302 g/mol. The van der Waals surface area contributed by atoms with Gasteiger partial charge < -0.3 is 4.74 Å². The van der Waals surface area contributed by atoms with Crippen LogP contribution in [0.15, 0.2) is 18.2 Å². The molecule has 1 aromatic carbocycles. The van der Waals surface area contributed by atoms with E-state index in [1.54, 1.807) is 6.07 Å². The lowest BCUT2D eigenvalue weighted by molar-refractivity contribution is -0.189. The number of esters is 1. The summed E-state index contributed by atoms with van der Waals surface area (Å²) in [7, 11) is 0. The predicted octanol–water partition coefficient (Wildman–Crippen LogP) is 4.75. The quantitative estimate of drug-likeness (QED) is 0.553. The van der Waals surface area contributed by atoms with Gasteiger partial charge in [0.25, 0.3) is 0 Å². The maximum absolute atomic E-state index is 12.4. The molecule has 5 heteroatoms. The molecule has 0 radical (unpaired) electrons. The topological polar surface area (TPSA) is 26.3 Å². The first-order valence-corrected chi connectivity index (χ1v) is 6.67. The van der Waals surface area contributed by atoms with Crippen LogP contribution < -0.4 is 4.74 Å². The highest BCUT2D eigenvalue weighted by Crippen LogP contribution is 2.36. The second-order valence-corrected chi connectivity index (χ2v) is 7.10. The van der Waals surface area contributed by atoms with Crippen LogP contribution in [0.4, 0.5) is 13.2 Å². The lowest BCUT2D eigenvalue weighted by atomic mass is 9.81. The molecule has 21 heavy (non-hydrogen) atoms. The van der Waals surface area contributed by atoms with Gasteiger partial charge in [-0.25, -0.2) is 4.79 Å². The highest BCUT2D eigenvalue weighted by atomic mass is 19.4. The Morgan fingerprint density at radius 2 is 1.48 bits per heavy atom. The third-order valence-corrected chi connectivity index (χ3v) is 3.09. The van der Waals surface area contributed by atoms with Crippen molar-refractivity contribution in [2.45, 2.75) is 58.5 Å². The highest BCUT2D eigenvalue weighted by molar-refractivity contribution is 5.78. The van der Waals surface area contributed by atoms with Gasteiger partial charge in [-0.1, -0.05) is 53.7 Å². The molecule has 1 aromatic rings. The van der Waals surface area contributed by atoms with E-state index >= 15 is 0 Å². The number of hydrogen-bond acceptors (Lipinski definition) is 2. The summed E-state index contributed by atoms with van der Waals surface area (Å²) >= 11 is 0. The molecule has 2 nitrogen and oxygen atoms in total. The van der Waals surface area contributed by atoms with Crippen LogP contribution in [0.3, 0.4) is 0 Å². The molecule has 0 heterocycles. The van der Waals surface area contributed by atoms with E-state index in [1.807, 2.05) is 47.6 Å². The van der Waals surface area contributed by atoms with Gasteiger partial charge in [-0.15, -0.1) is 0 Å². The van der Waals surface area contributed by atoms with Gasteiger partial charge in [0.15, 0.2) is 0 Å². The van der Waals surface area contributed by atoms with Crippen molar-refractivity contribution in [1.82, 2.24) is 0 Å². The fraction of sp³-hybridized carbons (Fsp3) is 0.562. The smallest absolute Gasteiger partial charge is 0.420 e. The zero-order valence-electron chi connectivity index (χ0n) is 13.2. The molecule has 0 aromatic heterocycles. The van der Waals surface area contributed by atoms with E-state index < -0.39 is 17.6 Å². The lowest BCUT2D eigenvalue weighted by Gasteiger charge is -2.26. The second-order valence-electron chi connectivity index (χ2n) is 7.10. The van der Waals surface area contributed by atoms with E-state index in [1.165, 1.54) is 6.07 Å². The lowest BCUT2D eigenvalue weighted by Crippen LogP contribution is -2.29. The molecule has 1 rings (SSSR count). The third-order valence-electron chi connectivity index (χ3n) is 3.09. The van der Waals surface area contributed by atoms with Crippen molar-refractivity contribution in [2.75, 3.05) is 0 Å². The monoisotopic (exact) mass is 302 g/mol. The first-order valence-electron chi connectivity index (χ1n) is 6.67. The molecule has 0 N–H and O–H groups in total. The molecule has 0 aliphatic heterocycles. The Kier molecular flexibility index (Phi) is 4.47. The molecule has 0 amide bonds. The highest BCUT2D eigenvalue weighted by Gasteiger charge is 2.42. The summed E-state index contributed by atoms with van der Waals surface area (Å²) in [5.74, 6) is -2.23. The van der Waals surface area contributed by atoms with Gasteiger partial charge in [0, 0.05) is 5.56 Å². The predicted molar refractivity (Wildman–Crippen MR) is 75.5 cm³/mol. The summed E-state index contributed by atoms with van der Waals surface area (Å²) in [6.07, 6.45) is -5.01. The van der Waals surface area contributed by atoms with Crippen LogP contribution in [0, 0.1) is 0 Å². The van der Waals surface area contributed by atoms with E-state index in [9.17, 15) is 18.0 Å². The van der Waals surface area contributed by atoms with Crippen LogP contribution in [-0.2, 0) is 15.6 Å². The summed E-state index contributed by atoms with van der Waals surface area (Å²) in [6, 6.07) is 5.09. The van der Waals surface area contributed by atoms with Crippen LogP contribution >= 0.6 is 0 Å². The first kappa shape index (κ1) is 17.5. The molecular weight excluding hydrogens is 281 g/mol. The Morgan fingerprint density at radius 1 is 0.952 bits per heavy atom. The van der Waals surface area contributed by atoms with Crippen molar-refractivity contribution in [3.8, 4) is 5.75 Å². The van der Waals surface area contributed by atoms with Crippen molar-refractivity contribution in [1.29, 1.82) is 0 Å². The molecule has 0 fully saturated rings. The zero-order chi connectivity index (χ0) is 16.6. The Labute approximate surface area is 123 Å². The van der Waals surface area contributed by atoms with E-state index in [-0.39, 0.29) is 11.2 Å². The number of hydrogen-bond donors (Lipinski definition) is 0. The van der Waals surface area contributed by atoms with Crippen molar-refractivity contribution >= 4 is 5.97 Å². The van der Waals surface area contributed by atoms with Gasteiger partial charge in [0.2, 0.25) is 0 Å². The number of rotatable bonds is 1. The number of carbonyl (C=O) groups excluding carboxylic acids is 1. The van der Waals surface area contributed by atoms with Gasteiger partial charge in [0.05, 0.1) is 0 Å². The minimum absolute atomic E-state index is 0.0303. The molecule has 0 saturated carbocycles. The van der Waals surface area contributed by atoms with Crippen LogP contribution in [0.5, 0.6) is 5.75 Å². The van der Waals surface area contributed by atoms with Gasteiger partial charge in [-0.3, -0.25) is 0 Å². The van der Waals surface area contributed by atoms with Crippen LogP contribution in [0.2, 0.25) is 0 Å². The average Bonchev–Trinajstić information content (AvgIpc) is 2.24. The molecule has 0 bridgehead atoms. The van der Waals surface area contributed by atoms with Gasteiger partial charge in [-0.2, -0.15) is 13.2 Å². The largest absolute Gasteiger partial charge is 0.491 e. The summed E-state index contributed by atoms with van der Waals surface area (Å²) in [5, 5.41) is 0. The maximum atomic E-state index is 12.4. The fourth-order valence-corrected chi connectivity index (χ4v) is 1.85. The molecule has 0 aliphatic rings. The maximum Gasteiger partial charge on any atom is 0.491 e. The van der Waals surface area contributed by atoms with Gasteiger partial charge in [0.1, 0.15) is 5.75 Å². The zero-order valence-corrected chi connectivity index (χ0v) is 13.2. The number of halogens is 3. The van der Waals surface area contributed by atoms with Crippen molar-refractivity contribution < 1.29 is 22.7 Å². The first-order chi connectivity index (χ1) is 9.23. The van der Waals surface area contributed by atoms with E-state index in [2.05, 4.69) is 4.74 Å². The van der Waals surface area contributed by atoms with Gasteiger partial charge in [-0.05, 0) is 22.5 Å². The van der Waals surface area contributed by atoms with Crippen molar-refractivity contribution in [3.05, 3.63) is 29.3 Å². The standard InChI is InChI=1S/C16H21F3O2/c1-14(2,3)10-7-8-11(15(4,5)6)12(9-10)21-13(20)16(17,18)19/h7-9H,1-6H3. The normalized spacial score (nSPS) is 13.2. The minimum Gasteiger partial charge on any atom is -0.420 e. The minimum atomic E-state index is -5.01. The SMILES string of the molecule is CC(C)(C)c1ccc(C(C)(C)C)c(OC(=O)C(F)(F)F)c1. The van der Waals surface area contributed by atoms with E-state index in [0.29, 0.717) is 5.56 Å². The molecule has 0 atom stereocenters. The summed E-state index contributed by atoms with van der Waals surface area (Å²) in [6.45, 7) is 11.4. The third kappa shape index (κ3) is 4.48. The summed E-state index contributed by atoms with van der Waals surface area (Å²) in [4.78, 5) is 11.1. The number of carbonyl (C=O) groups is 1. The molecule has 0 spiro atoms. The molecule has 0 unspecified atom stereocenters. The molecular formula is C16H21F3O2. The Hall–Kier alpha value is -1.52.